The summed E-state index contributed by atoms with van der Waals surface area (Å²) >= 11 is 0. The van der Waals surface area contributed by atoms with Crippen LogP contribution in [0, 0.1) is 6.92 Å². The van der Waals surface area contributed by atoms with Crippen LogP contribution in [0.15, 0.2) is 24.3 Å². The zero-order chi connectivity index (χ0) is 11.5. The summed E-state index contributed by atoms with van der Waals surface area (Å²) in [6.45, 7) is 7.74. The van der Waals surface area contributed by atoms with Gasteiger partial charge in [-0.3, -0.25) is 4.79 Å². The summed E-state index contributed by atoms with van der Waals surface area (Å²) in [6, 6.07) is 8.27. The van der Waals surface area contributed by atoms with E-state index in [-0.39, 0.29) is 11.4 Å². The second-order valence-corrected chi connectivity index (χ2v) is 4.67. The highest BCUT2D eigenvalue weighted by atomic mass is 16.1. The maximum absolute atomic E-state index is 11.0. The quantitative estimate of drug-likeness (QED) is 0.807. The molecule has 0 aromatic heterocycles. The Hall–Kier alpha value is -1.31. The van der Waals surface area contributed by atoms with E-state index in [9.17, 15) is 4.79 Å². The van der Waals surface area contributed by atoms with E-state index in [0.717, 1.165) is 6.42 Å². The standard InChI is InChI=1S/C13H19NO/c1-10-7-5-6-8-12(10)9-13(3,4)14-11(2)15/h5-8H,9H2,1-4H3,(H,14,15). The maximum atomic E-state index is 11.0. The highest BCUT2D eigenvalue weighted by Gasteiger charge is 2.19. The van der Waals surface area contributed by atoms with Gasteiger partial charge in [0.25, 0.3) is 0 Å². The van der Waals surface area contributed by atoms with Gasteiger partial charge in [-0.05, 0) is 38.3 Å². The summed E-state index contributed by atoms with van der Waals surface area (Å²) in [4.78, 5) is 11.0. The molecule has 0 aliphatic carbocycles. The number of aryl methyl sites for hydroxylation is 1. The van der Waals surface area contributed by atoms with Gasteiger partial charge in [0.05, 0.1) is 0 Å². The summed E-state index contributed by atoms with van der Waals surface area (Å²) in [6.07, 6.45) is 0.860. The molecule has 2 heteroatoms. The maximum Gasteiger partial charge on any atom is 0.217 e. The van der Waals surface area contributed by atoms with E-state index in [1.807, 2.05) is 26.0 Å². The molecule has 1 aromatic carbocycles. The first-order valence-corrected chi connectivity index (χ1v) is 5.24. The molecular formula is C13H19NO. The van der Waals surface area contributed by atoms with Crippen molar-refractivity contribution in [3.05, 3.63) is 35.4 Å². The van der Waals surface area contributed by atoms with Crippen molar-refractivity contribution < 1.29 is 4.79 Å². The van der Waals surface area contributed by atoms with Gasteiger partial charge in [0.2, 0.25) is 5.91 Å². The van der Waals surface area contributed by atoms with Gasteiger partial charge in [-0.2, -0.15) is 0 Å². The second kappa shape index (κ2) is 4.47. The molecule has 15 heavy (non-hydrogen) atoms. The number of hydrogen-bond donors (Lipinski definition) is 1. The molecule has 0 heterocycles. The van der Waals surface area contributed by atoms with Gasteiger partial charge in [-0.1, -0.05) is 24.3 Å². The normalized spacial score (nSPS) is 11.2. The van der Waals surface area contributed by atoms with E-state index in [0.29, 0.717) is 0 Å². The third-order valence-electron chi connectivity index (χ3n) is 2.41. The lowest BCUT2D eigenvalue weighted by Crippen LogP contribution is -2.44. The van der Waals surface area contributed by atoms with Crippen molar-refractivity contribution in [1.82, 2.24) is 5.32 Å². The summed E-state index contributed by atoms with van der Waals surface area (Å²) in [5, 5.41) is 2.96. The first kappa shape index (κ1) is 11.8. The molecule has 1 aromatic rings. The summed E-state index contributed by atoms with van der Waals surface area (Å²) in [7, 11) is 0. The minimum Gasteiger partial charge on any atom is -0.351 e. The van der Waals surface area contributed by atoms with Crippen LogP contribution in [0.2, 0.25) is 0 Å². The van der Waals surface area contributed by atoms with E-state index >= 15 is 0 Å². The number of benzene rings is 1. The highest BCUT2D eigenvalue weighted by Crippen LogP contribution is 2.15. The molecule has 0 aliphatic rings. The molecule has 82 valence electrons. The number of carbonyl (C=O) groups is 1. The molecule has 0 fully saturated rings. The molecule has 2 nitrogen and oxygen atoms in total. The van der Waals surface area contributed by atoms with Crippen LogP contribution in [0.25, 0.3) is 0 Å². The minimum absolute atomic E-state index is 0.0218. The topological polar surface area (TPSA) is 29.1 Å². The molecule has 0 saturated heterocycles. The predicted octanol–water partition coefficient (Wildman–Crippen LogP) is 2.45. The van der Waals surface area contributed by atoms with Crippen LogP contribution in [-0.2, 0) is 11.2 Å². The Morgan fingerprint density at radius 1 is 1.33 bits per heavy atom. The van der Waals surface area contributed by atoms with Gasteiger partial charge in [-0.25, -0.2) is 0 Å². The SMILES string of the molecule is CC(=O)NC(C)(C)Cc1ccccc1C. The monoisotopic (exact) mass is 205 g/mol. The molecule has 0 saturated carbocycles. The van der Waals surface area contributed by atoms with Crippen molar-refractivity contribution in [2.45, 2.75) is 39.7 Å². The first-order chi connectivity index (χ1) is 6.91. The molecule has 1 amide bonds. The number of amides is 1. The lowest BCUT2D eigenvalue weighted by atomic mass is 9.92. The van der Waals surface area contributed by atoms with Crippen molar-refractivity contribution in [2.75, 3.05) is 0 Å². The lowest BCUT2D eigenvalue weighted by molar-refractivity contribution is -0.120. The van der Waals surface area contributed by atoms with Crippen LogP contribution in [0.1, 0.15) is 31.9 Å². The van der Waals surface area contributed by atoms with Crippen LogP contribution in [0.4, 0.5) is 0 Å². The summed E-state index contributed by atoms with van der Waals surface area (Å²) in [5.74, 6) is 0.0218. The third kappa shape index (κ3) is 3.74. The number of carbonyl (C=O) groups excluding carboxylic acids is 1. The molecule has 0 atom stereocenters. The van der Waals surface area contributed by atoms with Crippen LogP contribution in [0.3, 0.4) is 0 Å². The summed E-state index contributed by atoms with van der Waals surface area (Å²) in [5.41, 5.74) is 2.38. The van der Waals surface area contributed by atoms with E-state index in [4.69, 9.17) is 0 Å². The predicted molar refractivity (Wildman–Crippen MR) is 62.8 cm³/mol. The van der Waals surface area contributed by atoms with Crippen molar-refractivity contribution in [2.24, 2.45) is 0 Å². The Morgan fingerprint density at radius 2 is 1.93 bits per heavy atom. The van der Waals surface area contributed by atoms with Gasteiger partial charge in [0.15, 0.2) is 0 Å². The number of rotatable bonds is 3. The van der Waals surface area contributed by atoms with Crippen molar-refractivity contribution >= 4 is 5.91 Å². The van der Waals surface area contributed by atoms with Crippen LogP contribution < -0.4 is 5.32 Å². The molecule has 0 aliphatic heterocycles. The van der Waals surface area contributed by atoms with Gasteiger partial charge < -0.3 is 5.32 Å². The van der Waals surface area contributed by atoms with Crippen LogP contribution >= 0.6 is 0 Å². The Kier molecular flexibility index (Phi) is 3.51. The van der Waals surface area contributed by atoms with E-state index in [2.05, 4.69) is 24.4 Å². The van der Waals surface area contributed by atoms with E-state index < -0.39 is 0 Å². The number of nitrogens with one attached hydrogen (secondary N) is 1. The number of hydrogen-bond acceptors (Lipinski definition) is 1. The Balaban J connectivity index is 2.77. The van der Waals surface area contributed by atoms with Crippen LogP contribution in [0.5, 0.6) is 0 Å². The third-order valence-corrected chi connectivity index (χ3v) is 2.41. The van der Waals surface area contributed by atoms with Crippen molar-refractivity contribution in [3.8, 4) is 0 Å². The molecular weight excluding hydrogens is 186 g/mol. The average Bonchev–Trinajstić information content (AvgIpc) is 2.06. The Bertz CT molecular complexity index is 355. The Morgan fingerprint density at radius 3 is 2.47 bits per heavy atom. The first-order valence-electron chi connectivity index (χ1n) is 5.24. The molecule has 1 rings (SSSR count). The lowest BCUT2D eigenvalue weighted by Gasteiger charge is -2.26. The van der Waals surface area contributed by atoms with E-state index in [1.165, 1.54) is 11.1 Å². The van der Waals surface area contributed by atoms with E-state index in [1.54, 1.807) is 6.92 Å². The molecule has 0 radical (unpaired) electrons. The second-order valence-electron chi connectivity index (χ2n) is 4.67. The van der Waals surface area contributed by atoms with Crippen molar-refractivity contribution in [1.29, 1.82) is 0 Å². The molecule has 1 N–H and O–H groups in total. The fourth-order valence-corrected chi connectivity index (χ4v) is 1.81. The highest BCUT2D eigenvalue weighted by molar-refractivity contribution is 5.73. The fraction of sp³-hybridized carbons (Fsp3) is 0.462. The zero-order valence-corrected chi connectivity index (χ0v) is 9.92. The smallest absolute Gasteiger partial charge is 0.217 e. The summed E-state index contributed by atoms with van der Waals surface area (Å²) < 4.78 is 0. The minimum atomic E-state index is -0.183. The van der Waals surface area contributed by atoms with Gasteiger partial charge >= 0.3 is 0 Å². The largest absolute Gasteiger partial charge is 0.351 e. The van der Waals surface area contributed by atoms with Gasteiger partial charge in [0, 0.05) is 12.5 Å². The molecule has 0 spiro atoms. The average molecular weight is 205 g/mol. The molecule has 0 unspecified atom stereocenters. The van der Waals surface area contributed by atoms with Crippen LogP contribution in [-0.4, -0.2) is 11.4 Å². The van der Waals surface area contributed by atoms with Crippen molar-refractivity contribution in [3.63, 3.8) is 0 Å². The fourth-order valence-electron chi connectivity index (χ4n) is 1.81. The van der Waals surface area contributed by atoms with Gasteiger partial charge in [0.1, 0.15) is 0 Å². The molecule has 0 bridgehead atoms. The zero-order valence-electron chi connectivity index (χ0n) is 9.92. The Labute approximate surface area is 91.7 Å². The van der Waals surface area contributed by atoms with Gasteiger partial charge in [-0.15, -0.1) is 0 Å².